The minimum Gasteiger partial charge on any atom is -0.462 e. The van der Waals surface area contributed by atoms with Crippen molar-refractivity contribution >= 4 is 5.97 Å². The highest BCUT2D eigenvalue weighted by Crippen LogP contribution is 2.89. The van der Waals surface area contributed by atoms with E-state index >= 15 is 0 Å². The van der Waals surface area contributed by atoms with Crippen molar-refractivity contribution in [3.05, 3.63) is 0 Å². The van der Waals surface area contributed by atoms with E-state index in [4.69, 9.17) is 4.74 Å². The number of esters is 1. The molecule has 5 rings (SSSR count). The molecule has 0 N–H and O–H groups in total. The van der Waals surface area contributed by atoms with Crippen LogP contribution in [0.3, 0.4) is 0 Å². The summed E-state index contributed by atoms with van der Waals surface area (Å²) in [5.41, 5.74) is 2.25. The summed E-state index contributed by atoms with van der Waals surface area (Å²) < 4.78 is 6.26. The summed E-state index contributed by atoms with van der Waals surface area (Å²) in [6, 6.07) is 0. The van der Waals surface area contributed by atoms with Crippen LogP contribution in [-0.2, 0) is 9.53 Å². The van der Waals surface area contributed by atoms with Gasteiger partial charge in [-0.05, 0) is 115 Å². The lowest BCUT2D eigenvalue weighted by molar-refractivity contribution is -0.185. The largest absolute Gasteiger partial charge is 0.462 e. The van der Waals surface area contributed by atoms with E-state index in [9.17, 15) is 4.79 Å². The smallest absolute Gasteiger partial charge is 0.308 e. The number of ether oxygens (including phenoxy) is 1. The van der Waals surface area contributed by atoms with Crippen LogP contribution in [0.5, 0.6) is 0 Å². The first-order valence-electron chi connectivity index (χ1n) is 16.5. The summed E-state index contributed by atoms with van der Waals surface area (Å²) in [5, 5.41) is 0. The molecule has 0 saturated heterocycles. The molecule has 0 aromatic carbocycles. The van der Waals surface area contributed by atoms with E-state index < -0.39 is 0 Å². The fourth-order valence-corrected chi connectivity index (χ4v) is 12.0. The van der Waals surface area contributed by atoms with E-state index in [2.05, 4.69) is 55.4 Å². The third kappa shape index (κ3) is 3.86. The van der Waals surface area contributed by atoms with Crippen LogP contribution in [0.2, 0.25) is 0 Å². The molecular formula is C35H60O2. The van der Waals surface area contributed by atoms with Crippen molar-refractivity contribution in [2.45, 2.75) is 152 Å². The average Bonchev–Trinajstić information content (AvgIpc) is 3.42. The van der Waals surface area contributed by atoms with Gasteiger partial charge in [0.25, 0.3) is 0 Å². The maximum atomic E-state index is 12.8. The maximum absolute atomic E-state index is 12.8. The molecule has 0 radical (unpaired) electrons. The highest BCUT2D eigenvalue weighted by molar-refractivity contribution is 5.72. The van der Waals surface area contributed by atoms with Crippen molar-refractivity contribution < 1.29 is 9.53 Å². The third-order valence-corrected chi connectivity index (χ3v) is 14.5. The molecule has 5 aliphatic rings. The highest BCUT2D eigenvalue weighted by Gasteiger charge is 2.82. The Morgan fingerprint density at radius 2 is 1.49 bits per heavy atom. The molecule has 0 aromatic heterocycles. The van der Waals surface area contributed by atoms with E-state index in [1.54, 1.807) is 0 Å². The Morgan fingerprint density at radius 1 is 0.811 bits per heavy atom. The Labute approximate surface area is 229 Å². The van der Waals surface area contributed by atoms with Gasteiger partial charge in [-0.2, -0.15) is 0 Å². The molecule has 5 aliphatic carbocycles. The van der Waals surface area contributed by atoms with Gasteiger partial charge in [0.05, 0.1) is 5.92 Å². The lowest BCUT2D eigenvalue weighted by Crippen LogP contribution is -2.58. The second-order valence-corrected chi connectivity index (χ2v) is 16.5. The van der Waals surface area contributed by atoms with E-state index in [0.717, 1.165) is 42.4 Å². The van der Waals surface area contributed by atoms with Crippen molar-refractivity contribution in [3.8, 4) is 0 Å². The monoisotopic (exact) mass is 512 g/mol. The predicted octanol–water partition coefficient (Wildman–Crippen LogP) is 9.85. The number of fused-ring (bicyclic) bond motifs is 2. The van der Waals surface area contributed by atoms with E-state index in [-0.39, 0.29) is 23.4 Å². The molecule has 10 unspecified atom stereocenters. The first-order chi connectivity index (χ1) is 17.3. The van der Waals surface area contributed by atoms with Gasteiger partial charge < -0.3 is 4.74 Å². The molecule has 2 nitrogen and oxygen atoms in total. The summed E-state index contributed by atoms with van der Waals surface area (Å²) in [6.45, 7) is 21.9. The average molecular weight is 513 g/mol. The zero-order chi connectivity index (χ0) is 27.0. The van der Waals surface area contributed by atoms with Gasteiger partial charge in [-0.25, -0.2) is 0 Å². The Morgan fingerprint density at radius 3 is 2.16 bits per heavy atom. The summed E-state index contributed by atoms with van der Waals surface area (Å²) in [7, 11) is 0. The fraction of sp³-hybridized carbons (Fsp3) is 0.971. The topological polar surface area (TPSA) is 26.3 Å². The molecule has 5 saturated carbocycles. The van der Waals surface area contributed by atoms with Gasteiger partial charge in [0, 0.05) is 5.41 Å². The van der Waals surface area contributed by atoms with Crippen LogP contribution >= 0.6 is 0 Å². The second kappa shape index (κ2) is 9.26. The van der Waals surface area contributed by atoms with Crippen LogP contribution in [0.25, 0.3) is 0 Å². The molecule has 0 amide bonds. The summed E-state index contributed by atoms with van der Waals surface area (Å²) in [6.07, 6.45) is 17.7. The molecule has 0 heterocycles. The van der Waals surface area contributed by atoms with Crippen molar-refractivity contribution in [1.82, 2.24) is 0 Å². The third-order valence-electron chi connectivity index (χ3n) is 14.5. The van der Waals surface area contributed by atoms with Crippen LogP contribution in [0, 0.1) is 62.6 Å². The highest BCUT2D eigenvalue weighted by atomic mass is 16.5. The lowest BCUT2D eigenvalue weighted by atomic mass is 9.41. The van der Waals surface area contributed by atoms with E-state index in [1.165, 1.54) is 70.6 Å². The quantitative estimate of drug-likeness (QED) is 0.302. The normalized spacial score (nSPS) is 47.3. The van der Waals surface area contributed by atoms with E-state index in [1.807, 2.05) is 6.92 Å². The Balaban J connectivity index is 1.34. The molecule has 37 heavy (non-hydrogen) atoms. The van der Waals surface area contributed by atoms with Gasteiger partial charge >= 0.3 is 5.97 Å². The lowest BCUT2D eigenvalue weighted by Gasteiger charge is -2.63. The van der Waals surface area contributed by atoms with Crippen LogP contribution in [-0.4, -0.2) is 12.1 Å². The van der Waals surface area contributed by atoms with Gasteiger partial charge in [0.1, 0.15) is 6.10 Å². The Hall–Kier alpha value is -0.530. The fourth-order valence-electron chi connectivity index (χ4n) is 12.0. The minimum absolute atomic E-state index is 0.0220. The van der Waals surface area contributed by atoms with Crippen LogP contribution in [0.15, 0.2) is 0 Å². The van der Waals surface area contributed by atoms with Crippen molar-refractivity contribution in [1.29, 1.82) is 0 Å². The van der Waals surface area contributed by atoms with Gasteiger partial charge in [0.15, 0.2) is 0 Å². The SMILES string of the molecule is CCC(C)C(=O)OC1CCC23CC24CCC2(C)C(C(C)CCCC(C)C)CCC2(C)C4CCC3C1(C)C. The van der Waals surface area contributed by atoms with Gasteiger partial charge in [-0.15, -0.1) is 0 Å². The number of hydrogen-bond donors (Lipinski definition) is 0. The van der Waals surface area contributed by atoms with Crippen LogP contribution < -0.4 is 0 Å². The molecule has 2 spiro atoms. The Kier molecular flexibility index (Phi) is 7.01. The maximum Gasteiger partial charge on any atom is 0.308 e. The molecule has 212 valence electrons. The van der Waals surface area contributed by atoms with Gasteiger partial charge in [-0.3, -0.25) is 4.79 Å². The first kappa shape index (κ1) is 28.0. The van der Waals surface area contributed by atoms with Crippen molar-refractivity contribution in [2.24, 2.45) is 62.6 Å². The number of carbonyl (C=O) groups is 1. The summed E-state index contributed by atoms with van der Waals surface area (Å²) >= 11 is 0. The first-order valence-corrected chi connectivity index (χ1v) is 16.5. The van der Waals surface area contributed by atoms with E-state index in [0.29, 0.717) is 21.7 Å². The summed E-state index contributed by atoms with van der Waals surface area (Å²) in [5.74, 6) is 4.33. The standard InChI is InChI=1S/C35H60O2/c1-10-24(4)30(36)37-29-17-19-34-22-35(34)21-20-32(8)26(25(5)13-11-12-23(2)3)16-18-33(32,9)28(35)15-14-27(34)31(29,6)7/h23-29H,10-22H2,1-9H3. The molecule has 0 bridgehead atoms. The molecule has 5 fully saturated rings. The number of carbonyl (C=O) groups excluding carboxylic acids is 1. The molecule has 10 atom stereocenters. The number of hydrogen-bond acceptors (Lipinski definition) is 2. The zero-order valence-corrected chi connectivity index (χ0v) is 26.1. The van der Waals surface area contributed by atoms with Crippen molar-refractivity contribution in [3.63, 3.8) is 0 Å². The predicted molar refractivity (Wildman–Crippen MR) is 154 cm³/mol. The van der Waals surface area contributed by atoms with Crippen LogP contribution in [0.4, 0.5) is 0 Å². The number of rotatable bonds is 8. The van der Waals surface area contributed by atoms with Crippen LogP contribution in [0.1, 0.15) is 146 Å². The van der Waals surface area contributed by atoms with Gasteiger partial charge in [0.2, 0.25) is 0 Å². The minimum atomic E-state index is 0.0220. The molecule has 2 heteroatoms. The molecule has 0 aliphatic heterocycles. The molecular weight excluding hydrogens is 452 g/mol. The molecule has 0 aromatic rings. The zero-order valence-electron chi connectivity index (χ0n) is 26.1. The van der Waals surface area contributed by atoms with Crippen molar-refractivity contribution in [2.75, 3.05) is 0 Å². The van der Waals surface area contributed by atoms with Gasteiger partial charge in [-0.1, -0.05) is 81.6 Å². The summed E-state index contributed by atoms with van der Waals surface area (Å²) in [4.78, 5) is 12.8. The second-order valence-electron chi connectivity index (χ2n) is 16.5. The Bertz CT molecular complexity index is 874.